The van der Waals surface area contributed by atoms with Gasteiger partial charge in [-0.05, 0) is 30.4 Å². The van der Waals surface area contributed by atoms with Crippen molar-refractivity contribution in [2.75, 3.05) is 0 Å². The number of aromatic nitrogens is 2. The van der Waals surface area contributed by atoms with Gasteiger partial charge in [0.25, 0.3) is 0 Å². The molecular weight excluding hydrogens is 234 g/mol. The van der Waals surface area contributed by atoms with Gasteiger partial charge < -0.3 is 10.7 Å². The summed E-state index contributed by atoms with van der Waals surface area (Å²) in [5.41, 5.74) is 9.24. The van der Waals surface area contributed by atoms with Gasteiger partial charge in [0, 0.05) is 0 Å². The quantitative estimate of drug-likeness (QED) is 0.864. The van der Waals surface area contributed by atoms with Crippen LogP contribution in [0.3, 0.4) is 0 Å². The lowest BCUT2D eigenvalue weighted by Crippen LogP contribution is -2.30. The average Bonchev–Trinajstić information content (AvgIpc) is 2.77. The Morgan fingerprint density at radius 1 is 1.00 bits per heavy atom. The van der Waals surface area contributed by atoms with E-state index < -0.39 is 5.54 Å². The van der Waals surface area contributed by atoms with Crippen molar-refractivity contribution in [1.82, 2.24) is 9.97 Å². The fraction of sp³-hybridized carbons (Fsp3) is 0.438. The standard InChI is InChI=1S/C16H23N3/c1-15(2,3)12-8-6-11(7-9-12)13-10-18-14(19-13)16(4,5)17/h6-10H,17H2,1-5H3,(H,18,19). The maximum atomic E-state index is 6.04. The monoisotopic (exact) mass is 257 g/mol. The molecule has 0 aliphatic carbocycles. The summed E-state index contributed by atoms with van der Waals surface area (Å²) in [5, 5.41) is 0. The molecule has 0 unspecified atom stereocenters. The van der Waals surface area contributed by atoms with Gasteiger partial charge in [0.15, 0.2) is 0 Å². The van der Waals surface area contributed by atoms with E-state index in [9.17, 15) is 0 Å². The molecule has 0 aliphatic heterocycles. The van der Waals surface area contributed by atoms with Crippen molar-refractivity contribution in [3.8, 4) is 11.3 Å². The van der Waals surface area contributed by atoms with Crippen LogP contribution in [0.25, 0.3) is 11.3 Å². The van der Waals surface area contributed by atoms with Crippen LogP contribution in [0.1, 0.15) is 46.0 Å². The van der Waals surface area contributed by atoms with Gasteiger partial charge in [-0.25, -0.2) is 4.98 Å². The number of rotatable bonds is 2. The van der Waals surface area contributed by atoms with Gasteiger partial charge in [0.05, 0.1) is 17.4 Å². The molecule has 0 amide bonds. The second-order valence-corrected chi connectivity index (χ2v) is 6.69. The number of benzene rings is 1. The van der Waals surface area contributed by atoms with Crippen molar-refractivity contribution in [3.05, 3.63) is 41.9 Å². The molecule has 1 aromatic carbocycles. The van der Waals surface area contributed by atoms with Crippen LogP contribution in [0.4, 0.5) is 0 Å². The molecule has 1 aromatic heterocycles. The van der Waals surface area contributed by atoms with Gasteiger partial charge in [-0.1, -0.05) is 45.0 Å². The highest BCUT2D eigenvalue weighted by Gasteiger charge is 2.18. The van der Waals surface area contributed by atoms with E-state index >= 15 is 0 Å². The number of nitrogens with two attached hydrogens (primary N) is 1. The zero-order chi connectivity index (χ0) is 14.3. The highest BCUT2D eigenvalue weighted by atomic mass is 15.0. The summed E-state index contributed by atoms with van der Waals surface area (Å²) in [5.74, 6) is 0.808. The SMILES string of the molecule is CC(C)(C)c1ccc(-c2cnc(C(C)(C)N)[nH]2)cc1. The molecule has 3 N–H and O–H groups in total. The van der Waals surface area contributed by atoms with Crippen LogP contribution in [-0.4, -0.2) is 9.97 Å². The van der Waals surface area contributed by atoms with E-state index in [0.717, 1.165) is 17.1 Å². The van der Waals surface area contributed by atoms with Gasteiger partial charge in [0.2, 0.25) is 0 Å². The third-order valence-electron chi connectivity index (χ3n) is 3.25. The van der Waals surface area contributed by atoms with E-state index in [1.807, 2.05) is 20.0 Å². The van der Waals surface area contributed by atoms with Crippen LogP contribution < -0.4 is 5.73 Å². The molecule has 0 saturated heterocycles. The minimum atomic E-state index is -0.441. The number of imidazole rings is 1. The van der Waals surface area contributed by atoms with E-state index in [-0.39, 0.29) is 5.41 Å². The minimum Gasteiger partial charge on any atom is -0.340 e. The van der Waals surface area contributed by atoms with Crippen LogP contribution in [0, 0.1) is 0 Å². The summed E-state index contributed by atoms with van der Waals surface area (Å²) in [6.45, 7) is 10.5. The van der Waals surface area contributed by atoms with Gasteiger partial charge >= 0.3 is 0 Å². The lowest BCUT2D eigenvalue weighted by molar-refractivity contribution is 0.520. The molecule has 0 saturated carbocycles. The highest BCUT2D eigenvalue weighted by molar-refractivity contribution is 5.59. The summed E-state index contributed by atoms with van der Waals surface area (Å²) < 4.78 is 0. The molecule has 0 bridgehead atoms. The summed E-state index contributed by atoms with van der Waals surface area (Å²) >= 11 is 0. The Labute approximate surface area is 115 Å². The first kappa shape index (κ1) is 13.8. The number of hydrogen-bond donors (Lipinski definition) is 2. The first-order valence-corrected chi connectivity index (χ1v) is 6.63. The van der Waals surface area contributed by atoms with Crippen molar-refractivity contribution < 1.29 is 0 Å². The van der Waals surface area contributed by atoms with E-state index in [1.165, 1.54) is 5.56 Å². The predicted molar refractivity (Wildman–Crippen MR) is 79.9 cm³/mol. The van der Waals surface area contributed by atoms with Crippen LogP contribution in [0.15, 0.2) is 30.5 Å². The Kier molecular flexibility index (Phi) is 3.27. The third kappa shape index (κ3) is 3.04. The van der Waals surface area contributed by atoms with Crippen molar-refractivity contribution in [2.24, 2.45) is 5.73 Å². The first-order chi connectivity index (χ1) is 8.68. The topological polar surface area (TPSA) is 54.7 Å². The minimum absolute atomic E-state index is 0.178. The molecule has 2 rings (SSSR count). The molecule has 3 heteroatoms. The highest BCUT2D eigenvalue weighted by Crippen LogP contribution is 2.26. The van der Waals surface area contributed by atoms with E-state index in [4.69, 9.17) is 5.73 Å². The fourth-order valence-corrected chi connectivity index (χ4v) is 1.95. The van der Waals surface area contributed by atoms with Gasteiger partial charge in [0.1, 0.15) is 5.82 Å². The average molecular weight is 257 g/mol. The molecular formula is C16H23N3. The Balaban J connectivity index is 2.31. The smallest absolute Gasteiger partial charge is 0.126 e. The fourth-order valence-electron chi connectivity index (χ4n) is 1.95. The van der Waals surface area contributed by atoms with Crippen molar-refractivity contribution >= 4 is 0 Å². The van der Waals surface area contributed by atoms with Crippen LogP contribution in [0.5, 0.6) is 0 Å². The van der Waals surface area contributed by atoms with Crippen molar-refractivity contribution in [3.63, 3.8) is 0 Å². The third-order valence-corrected chi connectivity index (χ3v) is 3.25. The first-order valence-electron chi connectivity index (χ1n) is 6.63. The molecule has 0 radical (unpaired) electrons. The Hall–Kier alpha value is -1.61. The van der Waals surface area contributed by atoms with Gasteiger partial charge in [-0.15, -0.1) is 0 Å². The summed E-state index contributed by atoms with van der Waals surface area (Å²) in [7, 11) is 0. The molecule has 19 heavy (non-hydrogen) atoms. The number of hydrogen-bond acceptors (Lipinski definition) is 2. The molecule has 0 spiro atoms. The van der Waals surface area contributed by atoms with Crippen LogP contribution >= 0.6 is 0 Å². The molecule has 0 atom stereocenters. The van der Waals surface area contributed by atoms with E-state index in [0.29, 0.717) is 0 Å². The molecule has 0 aliphatic rings. The molecule has 2 aromatic rings. The summed E-state index contributed by atoms with van der Waals surface area (Å²) in [6.07, 6.45) is 1.84. The summed E-state index contributed by atoms with van der Waals surface area (Å²) in [4.78, 5) is 7.65. The predicted octanol–water partition coefficient (Wildman–Crippen LogP) is 3.57. The Morgan fingerprint density at radius 3 is 2.00 bits per heavy atom. The molecule has 102 valence electrons. The molecule has 3 nitrogen and oxygen atoms in total. The largest absolute Gasteiger partial charge is 0.340 e. The number of aromatic amines is 1. The normalized spacial score (nSPS) is 12.7. The number of H-pyrrole nitrogens is 1. The maximum Gasteiger partial charge on any atom is 0.126 e. The van der Waals surface area contributed by atoms with E-state index in [1.54, 1.807) is 0 Å². The van der Waals surface area contributed by atoms with Gasteiger partial charge in [-0.2, -0.15) is 0 Å². The Morgan fingerprint density at radius 2 is 1.58 bits per heavy atom. The number of nitrogens with zero attached hydrogens (tertiary/aromatic N) is 1. The lowest BCUT2D eigenvalue weighted by atomic mass is 9.86. The zero-order valence-electron chi connectivity index (χ0n) is 12.4. The molecule has 0 fully saturated rings. The second-order valence-electron chi connectivity index (χ2n) is 6.69. The zero-order valence-corrected chi connectivity index (χ0v) is 12.4. The van der Waals surface area contributed by atoms with Crippen molar-refractivity contribution in [1.29, 1.82) is 0 Å². The number of nitrogens with one attached hydrogen (secondary N) is 1. The lowest BCUT2D eigenvalue weighted by Gasteiger charge is -2.19. The second kappa shape index (κ2) is 4.49. The van der Waals surface area contributed by atoms with Crippen LogP contribution in [0.2, 0.25) is 0 Å². The maximum absolute atomic E-state index is 6.04. The summed E-state index contributed by atoms with van der Waals surface area (Å²) in [6, 6.07) is 8.59. The molecule has 1 heterocycles. The Bertz CT molecular complexity index is 551. The van der Waals surface area contributed by atoms with Crippen molar-refractivity contribution in [2.45, 2.75) is 45.6 Å². The van der Waals surface area contributed by atoms with Crippen LogP contribution in [-0.2, 0) is 11.0 Å². The van der Waals surface area contributed by atoms with Gasteiger partial charge in [-0.3, -0.25) is 0 Å². The van der Waals surface area contributed by atoms with E-state index in [2.05, 4.69) is 55.0 Å².